The van der Waals surface area contributed by atoms with Gasteiger partial charge in [-0.1, -0.05) is 31.2 Å². The van der Waals surface area contributed by atoms with Crippen molar-refractivity contribution in [1.82, 2.24) is 4.90 Å². The fourth-order valence-electron chi connectivity index (χ4n) is 2.42. The predicted molar refractivity (Wildman–Crippen MR) is 98.5 cm³/mol. The fraction of sp³-hybridized carbons (Fsp3) is 0.316. The van der Waals surface area contributed by atoms with Crippen LogP contribution in [-0.2, 0) is 17.8 Å². The first kappa shape index (κ1) is 18.6. The van der Waals surface area contributed by atoms with Crippen molar-refractivity contribution in [2.24, 2.45) is 0 Å². The van der Waals surface area contributed by atoms with Gasteiger partial charge in [-0.2, -0.15) is 0 Å². The molecule has 6 nitrogen and oxygen atoms in total. The summed E-state index contributed by atoms with van der Waals surface area (Å²) in [6.07, 6.45) is 1.00. The van der Waals surface area contributed by atoms with E-state index in [0.717, 1.165) is 12.0 Å². The van der Waals surface area contributed by atoms with Gasteiger partial charge in [-0.05, 0) is 43.7 Å². The number of hydrogen-bond donors (Lipinski definition) is 1. The molecule has 132 valence electrons. The third kappa shape index (κ3) is 5.12. The Morgan fingerprint density at radius 1 is 1.12 bits per heavy atom. The summed E-state index contributed by atoms with van der Waals surface area (Å²) in [6, 6.07) is 13.8. The summed E-state index contributed by atoms with van der Waals surface area (Å²) in [4.78, 5) is 24.5. The molecule has 0 aliphatic heterocycles. The molecule has 0 heterocycles. The number of aryl methyl sites for hydroxylation is 1. The van der Waals surface area contributed by atoms with Crippen molar-refractivity contribution in [3.05, 3.63) is 69.8 Å². The molecule has 1 N–H and O–H groups in total. The molecule has 25 heavy (non-hydrogen) atoms. The Kier molecular flexibility index (Phi) is 6.25. The molecule has 0 aliphatic carbocycles. The molecule has 0 radical (unpaired) electrons. The van der Waals surface area contributed by atoms with Crippen molar-refractivity contribution < 1.29 is 9.72 Å². The summed E-state index contributed by atoms with van der Waals surface area (Å²) < 4.78 is 0. The highest BCUT2D eigenvalue weighted by atomic mass is 16.6. The maximum absolute atomic E-state index is 12.4. The van der Waals surface area contributed by atoms with Crippen molar-refractivity contribution in [3.63, 3.8) is 0 Å². The zero-order valence-corrected chi connectivity index (χ0v) is 14.7. The molecule has 0 fully saturated rings. The quantitative estimate of drug-likeness (QED) is 0.616. The molecule has 0 saturated carbocycles. The molecule has 0 spiro atoms. The second-order valence-electron chi connectivity index (χ2n) is 6.05. The van der Waals surface area contributed by atoms with Gasteiger partial charge in [-0.15, -0.1) is 0 Å². The third-order valence-electron chi connectivity index (χ3n) is 4.25. The van der Waals surface area contributed by atoms with E-state index in [0.29, 0.717) is 12.2 Å². The van der Waals surface area contributed by atoms with E-state index in [1.807, 2.05) is 18.9 Å². The van der Waals surface area contributed by atoms with E-state index in [4.69, 9.17) is 0 Å². The van der Waals surface area contributed by atoms with Crippen LogP contribution in [0.5, 0.6) is 0 Å². The van der Waals surface area contributed by atoms with E-state index in [1.165, 1.54) is 29.8 Å². The van der Waals surface area contributed by atoms with Crippen molar-refractivity contribution >= 4 is 17.3 Å². The standard InChI is InChI=1S/C19H23N3O3/c1-4-15-5-7-16(8-6-15)13-21(3)14(2)19(23)20-17-9-11-18(12-10-17)22(24)25/h5-12,14H,4,13H2,1-3H3,(H,20,23). The lowest BCUT2D eigenvalue weighted by Crippen LogP contribution is -2.39. The summed E-state index contributed by atoms with van der Waals surface area (Å²) in [5.74, 6) is -0.151. The topological polar surface area (TPSA) is 75.5 Å². The van der Waals surface area contributed by atoms with Crippen LogP contribution in [0.15, 0.2) is 48.5 Å². The van der Waals surface area contributed by atoms with E-state index in [-0.39, 0.29) is 17.6 Å². The normalized spacial score (nSPS) is 12.0. The number of nitrogens with one attached hydrogen (secondary N) is 1. The lowest BCUT2D eigenvalue weighted by atomic mass is 10.1. The summed E-state index contributed by atoms with van der Waals surface area (Å²) in [6.45, 7) is 4.62. The minimum absolute atomic E-state index is 0.00121. The molecule has 0 aliphatic rings. The van der Waals surface area contributed by atoms with Gasteiger partial charge in [0.05, 0.1) is 11.0 Å². The number of nitro groups is 1. The molecule has 2 rings (SSSR count). The first-order valence-corrected chi connectivity index (χ1v) is 8.24. The van der Waals surface area contributed by atoms with Crippen molar-refractivity contribution in [2.45, 2.75) is 32.9 Å². The van der Waals surface area contributed by atoms with Crippen LogP contribution < -0.4 is 5.32 Å². The molecule has 1 amide bonds. The molecule has 1 atom stereocenters. The SMILES string of the molecule is CCc1ccc(CN(C)C(C)C(=O)Nc2ccc([N+](=O)[O-])cc2)cc1. The smallest absolute Gasteiger partial charge is 0.269 e. The van der Waals surface area contributed by atoms with Gasteiger partial charge >= 0.3 is 0 Å². The van der Waals surface area contributed by atoms with Gasteiger partial charge in [0.15, 0.2) is 0 Å². The molecule has 0 saturated heterocycles. The summed E-state index contributed by atoms with van der Waals surface area (Å²) >= 11 is 0. The Labute approximate surface area is 147 Å². The van der Waals surface area contributed by atoms with Crippen LogP contribution in [0, 0.1) is 10.1 Å². The number of non-ortho nitro benzene ring substituents is 1. The number of nitro benzene ring substituents is 1. The number of rotatable bonds is 7. The molecule has 0 aromatic heterocycles. The van der Waals surface area contributed by atoms with Crippen LogP contribution in [0.1, 0.15) is 25.0 Å². The Balaban J connectivity index is 1.94. The lowest BCUT2D eigenvalue weighted by Gasteiger charge is -2.24. The summed E-state index contributed by atoms with van der Waals surface area (Å²) in [7, 11) is 1.90. The number of hydrogen-bond acceptors (Lipinski definition) is 4. The van der Waals surface area contributed by atoms with Gasteiger partial charge < -0.3 is 5.32 Å². The number of benzene rings is 2. The van der Waals surface area contributed by atoms with E-state index in [1.54, 1.807) is 0 Å². The fourth-order valence-corrected chi connectivity index (χ4v) is 2.42. The first-order valence-electron chi connectivity index (χ1n) is 8.24. The van der Waals surface area contributed by atoms with Gasteiger partial charge in [0, 0.05) is 24.4 Å². The minimum atomic E-state index is -0.466. The average Bonchev–Trinajstić information content (AvgIpc) is 2.62. The van der Waals surface area contributed by atoms with E-state index in [9.17, 15) is 14.9 Å². The molecular weight excluding hydrogens is 318 g/mol. The van der Waals surface area contributed by atoms with Crippen LogP contribution in [-0.4, -0.2) is 28.8 Å². The van der Waals surface area contributed by atoms with E-state index >= 15 is 0 Å². The minimum Gasteiger partial charge on any atom is -0.325 e. The van der Waals surface area contributed by atoms with Crippen LogP contribution in [0.3, 0.4) is 0 Å². The molecule has 2 aromatic carbocycles. The number of anilines is 1. The van der Waals surface area contributed by atoms with Gasteiger partial charge in [0.25, 0.3) is 5.69 Å². The number of carbonyl (C=O) groups is 1. The van der Waals surface area contributed by atoms with Crippen molar-refractivity contribution in [1.29, 1.82) is 0 Å². The molecule has 6 heteroatoms. The second-order valence-corrected chi connectivity index (χ2v) is 6.05. The average molecular weight is 341 g/mol. The van der Waals surface area contributed by atoms with Crippen LogP contribution in [0.25, 0.3) is 0 Å². The first-order chi connectivity index (χ1) is 11.9. The zero-order valence-electron chi connectivity index (χ0n) is 14.7. The van der Waals surface area contributed by atoms with Crippen molar-refractivity contribution in [3.8, 4) is 0 Å². The highest BCUT2D eigenvalue weighted by Crippen LogP contribution is 2.16. The van der Waals surface area contributed by atoms with Crippen LogP contribution in [0.2, 0.25) is 0 Å². The largest absolute Gasteiger partial charge is 0.325 e. The van der Waals surface area contributed by atoms with Gasteiger partial charge in [0.1, 0.15) is 0 Å². The monoisotopic (exact) mass is 341 g/mol. The lowest BCUT2D eigenvalue weighted by molar-refractivity contribution is -0.384. The Hall–Kier alpha value is -2.73. The Bertz CT molecular complexity index is 727. The molecule has 1 unspecified atom stereocenters. The number of amides is 1. The maximum atomic E-state index is 12.4. The second kappa shape index (κ2) is 8.39. The van der Waals surface area contributed by atoms with Crippen LogP contribution in [0.4, 0.5) is 11.4 Å². The Morgan fingerprint density at radius 3 is 2.20 bits per heavy atom. The molecule has 2 aromatic rings. The van der Waals surface area contributed by atoms with E-state index in [2.05, 4.69) is 36.5 Å². The highest BCUT2D eigenvalue weighted by molar-refractivity contribution is 5.94. The summed E-state index contributed by atoms with van der Waals surface area (Å²) in [5, 5.41) is 13.4. The highest BCUT2D eigenvalue weighted by Gasteiger charge is 2.18. The van der Waals surface area contributed by atoms with Crippen molar-refractivity contribution in [2.75, 3.05) is 12.4 Å². The molecule has 0 bridgehead atoms. The summed E-state index contributed by atoms with van der Waals surface area (Å²) in [5.41, 5.74) is 2.98. The number of likely N-dealkylation sites (N-methyl/N-ethyl adjacent to an activating group) is 1. The molecular formula is C19H23N3O3. The zero-order chi connectivity index (χ0) is 18.4. The van der Waals surface area contributed by atoms with Crippen LogP contribution >= 0.6 is 0 Å². The Morgan fingerprint density at radius 2 is 1.68 bits per heavy atom. The van der Waals surface area contributed by atoms with Gasteiger partial charge in [0.2, 0.25) is 5.91 Å². The van der Waals surface area contributed by atoms with Gasteiger partial charge in [-0.3, -0.25) is 19.8 Å². The predicted octanol–water partition coefficient (Wildman–Crippen LogP) is 3.62. The number of carbonyl (C=O) groups excluding carboxylic acids is 1. The number of nitrogens with zero attached hydrogens (tertiary/aromatic N) is 2. The third-order valence-corrected chi connectivity index (χ3v) is 4.25. The maximum Gasteiger partial charge on any atom is 0.269 e. The van der Waals surface area contributed by atoms with Gasteiger partial charge in [-0.25, -0.2) is 0 Å². The van der Waals surface area contributed by atoms with E-state index < -0.39 is 4.92 Å².